The molecule has 3 heterocycles. The van der Waals surface area contributed by atoms with Gasteiger partial charge in [-0.3, -0.25) is 14.5 Å². The molecule has 1 aliphatic rings. The van der Waals surface area contributed by atoms with E-state index in [0.29, 0.717) is 6.54 Å². The molecule has 0 spiro atoms. The fraction of sp³-hybridized carbons (Fsp3) is 0.471. The Morgan fingerprint density at radius 3 is 2.83 bits per heavy atom. The number of pyridine rings is 1. The highest BCUT2D eigenvalue weighted by Gasteiger charge is 2.39. The molecule has 122 valence electrons. The smallest absolute Gasteiger partial charge is 0.223 e. The molecule has 0 unspecified atom stereocenters. The first-order valence-corrected chi connectivity index (χ1v) is 7.99. The lowest BCUT2D eigenvalue weighted by atomic mass is 9.89. The molecule has 0 saturated carbocycles. The van der Waals surface area contributed by atoms with E-state index in [1.807, 2.05) is 37.1 Å². The number of carbonyl (C=O) groups is 1. The number of hydrogen-bond acceptors (Lipinski definition) is 4. The van der Waals surface area contributed by atoms with Crippen molar-refractivity contribution in [2.24, 2.45) is 18.7 Å². The lowest BCUT2D eigenvalue weighted by molar-refractivity contribution is -0.121. The molecule has 3 rings (SSSR count). The zero-order valence-corrected chi connectivity index (χ0v) is 13.9. The lowest BCUT2D eigenvalue weighted by Crippen LogP contribution is -2.29. The second kappa shape index (κ2) is 6.02. The zero-order chi connectivity index (χ0) is 16.6. The lowest BCUT2D eigenvalue weighted by Gasteiger charge is -2.19. The van der Waals surface area contributed by atoms with Crippen LogP contribution in [0.3, 0.4) is 0 Å². The number of hydrogen-bond donors (Lipinski definition) is 1. The number of nitrogens with zero attached hydrogens (tertiary/aromatic N) is 4. The highest BCUT2D eigenvalue weighted by Crippen LogP contribution is 2.36. The molecule has 0 radical (unpaired) electrons. The van der Waals surface area contributed by atoms with Crippen molar-refractivity contribution in [3.8, 4) is 0 Å². The van der Waals surface area contributed by atoms with Gasteiger partial charge >= 0.3 is 0 Å². The fourth-order valence-electron chi connectivity index (χ4n) is 3.35. The third-order valence-electron chi connectivity index (χ3n) is 4.89. The predicted molar refractivity (Wildman–Crippen MR) is 89.2 cm³/mol. The van der Waals surface area contributed by atoms with Gasteiger partial charge < -0.3 is 10.6 Å². The Morgan fingerprint density at radius 2 is 2.22 bits per heavy atom. The summed E-state index contributed by atoms with van der Waals surface area (Å²) < 4.78 is 1.84. The highest BCUT2D eigenvalue weighted by atomic mass is 16.1. The van der Waals surface area contributed by atoms with E-state index in [1.165, 1.54) is 0 Å². The first-order chi connectivity index (χ1) is 11.0. The molecule has 2 aromatic rings. The fourth-order valence-corrected chi connectivity index (χ4v) is 3.35. The molecule has 2 aromatic heterocycles. The highest BCUT2D eigenvalue weighted by molar-refractivity contribution is 5.79. The second-order valence-electron chi connectivity index (χ2n) is 6.19. The van der Waals surface area contributed by atoms with Crippen molar-refractivity contribution < 1.29 is 4.79 Å². The van der Waals surface area contributed by atoms with Gasteiger partial charge in [0.25, 0.3) is 0 Å². The molecule has 2 atom stereocenters. The van der Waals surface area contributed by atoms with Gasteiger partial charge in [-0.05, 0) is 31.0 Å². The van der Waals surface area contributed by atoms with Crippen LogP contribution < -0.4 is 10.6 Å². The summed E-state index contributed by atoms with van der Waals surface area (Å²) in [6.07, 6.45) is 4.59. The number of rotatable bonds is 4. The van der Waals surface area contributed by atoms with E-state index in [2.05, 4.69) is 28.0 Å². The Bertz CT molecular complexity index is 724. The number of primary amides is 1. The third-order valence-corrected chi connectivity index (χ3v) is 4.89. The summed E-state index contributed by atoms with van der Waals surface area (Å²) >= 11 is 0. The van der Waals surface area contributed by atoms with Gasteiger partial charge in [0.15, 0.2) is 0 Å². The van der Waals surface area contributed by atoms with E-state index < -0.39 is 0 Å². The minimum atomic E-state index is -0.245. The van der Waals surface area contributed by atoms with Gasteiger partial charge in [-0.2, -0.15) is 5.10 Å². The SMILES string of the molecule is CCc1cc(N2C[C@H](C(N)=O)[C@@H](c3cnn(C)c3C)C2)ccn1. The van der Waals surface area contributed by atoms with Crippen LogP contribution in [-0.2, 0) is 18.3 Å². The predicted octanol–water partition coefficient (Wildman–Crippen LogP) is 1.39. The molecular formula is C17H23N5O. The quantitative estimate of drug-likeness (QED) is 0.925. The summed E-state index contributed by atoms with van der Waals surface area (Å²) in [6, 6.07) is 4.09. The minimum absolute atomic E-state index is 0.0828. The number of nitrogens with two attached hydrogens (primary N) is 1. The van der Waals surface area contributed by atoms with Crippen molar-refractivity contribution in [3.63, 3.8) is 0 Å². The maximum absolute atomic E-state index is 12.0. The summed E-state index contributed by atoms with van der Waals surface area (Å²) in [6.45, 7) is 5.53. The maximum Gasteiger partial charge on any atom is 0.223 e. The van der Waals surface area contributed by atoms with Gasteiger partial charge in [-0.15, -0.1) is 0 Å². The van der Waals surface area contributed by atoms with Gasteiger partial charge in [0.1, 0.15) is 0 Å². The van der Waals surface area contributed by atoms with Crippen LogP contribution in [0.4, 0.5) is 5.69 Å². The van der Waals surface area contributed by atoms with Crippen molar-refractivity contribution in [1.29, 1.82) is 0 Å². The standard InChI is InChI=1S/C17H23N5O/c1-4-12-7-13(5-6-19-12)22-9-15(16(10-22)17(18)23)14-8-20-21(3)11(14)2/h5-8,15-16H,4,9-10H2,1-3H3,(H2,18,23)/t15-,16+/m1/s1. The van der Waals surface area contributed by atoms with Crippen molar-refractivity contribution in [2.45, 2.75) is 26.2 Å². The summed E-state index contributed by atoms with van der Waals surface area (Å²) in [5.41, 5.74) is 10.0. The van der Waals surface area contributed by atoms with Crippen LogP contribution in [0.5, 0.6) is 0 Å². The van der Waals surface area contributed by atoms with Gasteiger partial charge in [0, 0.05) is 49.3 Å². The molecule has 0 bridgehead atoms. The van der Waals surface area contributed by atoms with Gasteiger partial charge in [-0.1, -0.05) is 6.92 Å². The summed E-state index contributed by atoms with van der Waals surface area (Å²) in [7, 11) is 1.92. The van der Waals surface area contributed by atoms with Crippen molar-refractivity contribution in [1.82, 2.24) is 14.8 Å². The number of aryl methyl sites for hydroxylation is 2. The van der Waals surface area contributed by atoms with E-state index >= 15 is 0 Å². The van der Waals surface area contributed by atoms with Gasteiger partial charge in [0.2, 0.25) is 5.91 Å². The zero-order valence-electron chi connectivity index (χ0n) is 13.9. The molecule has 1 aliphatic heterocycles. The molecule has 1 fully saturated rings. The second-order valence-corrected chi connectivity index (χ2v) is 6.19. The Morgan fingerprint density at radius 1 is 1.43 bits per heavy atom. The number of aromatic nitrogens is 3. The molecule has 0 aromatic carbocycles. The van der Waals surface area contributed by atoms with E-state index in [-0.39, 0.29) is 17.7 Å². The first-order valence-electron chi connectivity index (χ1n) is 7.99. The number of anilines is 1. The van der Waals surface area contributed by atoms with Crippen LogP contribution in [0.25, 0.3) is 0 Å². The normalized spacial score (nSPS) is 20.9. The summed E-state index contributed by atoms with van der Waals surface area (Å²) in [5, 5.41) is 4.32. The topological polar surface area (TPSA) is 77.0 Å². The van der Waals surface area contributed by atoms with Crippen molar-refractivity contribution >= 4 is 11.6 Å². The van der Waals surface area contributed by atoms with E-state index in [4.69, 9.17) is 5.73 Å². The van der Waals surface area contributed by atoms with E-state index in [1.54, 1.807) is 0 Å². The third kappa shape index (κ3) is 2.81. The summed E-state index contributed by atoms with van der Waals surface area (Å²) in [4.78, 5) is 18.5. The van der Waals surface area contributed by atoms with Crippen molar-refractivity contribution in [2.75, 3.05) is 18.0 Å². The minimum Gasteiger partial charge on any atom is -0.370 e. The average Bonchev–Trinajstić information content (AvgIpc) is 3.12. The van der Waals surface area contributed by atoms with Crippen LogP contribution >= 0.6 is 0 Å². The Kier molecular flexibility index (Phi) is 4.07. The molecule has 23 heavy (non-hydrogen) atoms. The van der Waals surface area contributed by atoms with Crippen LogP contribution in [0, 0.1) is 12.8 Å². The van der Waals surface area contributed by atoms with E-state index in [9.17, 15) is 4.79 Å². The number of carbonyl (C=O) groups excluding carboxylic acids is 1. The van der Waals surface area contributed by atoms with Crippen LogP contribution in [-0.4, -0.2) is 33.8 Å². The van der Waals surface area contributed by atoms with Crippen LogP contribution in [0.1, 0.15) is 29.8 Å². The molecular weight excluding hydrogens is 290 g/mol. The maximum atomic E-state index is 12.0. The monoisotopic (exact) mass is 313 g/mol. The van der Waals surface area contributed by atoms with Crippen LogP contribution in [0.15, 0.2) is 24.5 Å². The number of amides is 1. The Balaban J connectivity index is 1.92. The Hall–Kier alpha value is -2.37. The van der Waals surface area contributed by atoms with E-state index in [0.717, 1.165) is 35.6 Å². The van der Waals surface area contributed by atoms with Crippen molar-refractivity contribution in [3.05, 3.63) is 41.5 Å². The average molecular weight is 313 g/mol. The first kappa shape index (κ1) is 15.5. The molecule has 0 aliphatic carbocycles. The van der Waals surface area contributed by atoms with Crippen LogP contribution in [0.2, 0.25) is 0 Å². The molecule has 1 amide bonds. The molecule has 1 saturated heterocycles. The summed E-state index contributed by atoms with van der Waals surface area (Å²) in [5.74, 6) is -0.360. The Labute approximate surface area is 136 Å². The molecule has 6 heteroatoms. The molecule has 2 N–H and O–H groups in total. The molecule has 6 nitrogen and oxygen atoms in total. The van der Waals surface area contributed by atoms with Gasteiger partial charge in [-0.25, -0.2) is 0 Å². The van der Waals surface area contributed by atoms with Gasteiger partial charge in [0.05, 0.1) is 12.1 Å². The largest absolute Gasteiger partial charge is 0.370 e.